The molecule has 13 heavy (non-hydrogen) atoms. The Hall–Kier alpha value is -0.670. The maximum atomic E-state index is 9.76. The monoisotopic (exact) mass is 210 g/mol. The molecule has 1 heterocycles. The van der Waals surface area contributed by atoms with Gasteiger partial charge in [-0.3, -0.25) is 0 Å². The van der Waals surface area contributed by atoms with Gasteiger partial charge in [-0.25, -0.2) is 0 Å². The van der Waals surface area contributed by atoms with E-state index in [1.807, 2.05) is 24.4 Å². The minimum Gasteiger partial charge on any atom is -0.507 e. The second-order valence-corrected chi connectivity index (χ2v) is 4.67. The molecule has 1 nitrogen and oxygen atoms in total. The van der Waals surface area contributed by atoms with Gasteiger partial charge < -0.3 is 5.11 Å². The number of phenolic OH excluding ortho intramolecular Hbond substituents is 1. The maximum Gasteiger partial charge on any atom is 0.127 e. The zero-order valence-electron chi connectivity index (χ0n) is 7.50. The highest BCUT2D eigenvalue weighted by molar-refractivity contribution is 7.99. The Bertz CT molecular complexity index is 445. The van der Waals surface area contributed by atoms with Crippen LogP contribution in [0.5, 0.6) is 5.75 Å². The van der Waals surface area contributed by atoms with Gasteiger partial charge in [-0.2, -0.15) is 0 Å². The van der Waals surface area contributed by atoms with Crippen LogP contribution in [0, 0.1) is 6.92 Å². The first-order valence-corrected chi connectivity index (χ1v) is 6.08. The largest absolute Gasteiger partial charge is 0.507 e. The van der Waals surface area contributed by atoms with E-state index in [1.165, 1.54) is 9.60 Å². The summed E-state index contributed by atoms with van der Waals surface area (Å²) in [4.78, 5) is 1.25. The van der Waals surface area contributed by atoms with Crippen LogP contribution in [-0.4, -0.2) is 11.4 Å². The minimum absolute atomic E-state index is 0.425. The molecule has 2 aromatic rings. The number of thiophene rings is 1. The van der Waals surface area contributed by atoms with Crippen LogP contribution in [0.25, 0.3) is 10.1 Å². The van der Waals surface area contributed by atoms with Gasteiger partial charge in [0.25, 0.3) is 0 Å². The SMILES string of the molecule is CSc1cc(C)c(O)c2ccsc12. The van der Waals surface area contributed by atoms with E-state index in [4.69, 9.17) is 0 Å². The highest BCUT2D eigenvalue weighted by atomic mass is 32.2. The van der Waals surface area contributed by atoms with Crippen molar-refractivity contribution in [1.29, 1.82) is 0 Å². The third-order valence-corrected chi connectivity index (χ3v) is 3.92. The van der Waals surface area contributed by atoms with Gasteiger partial charge in [0.1, 0.15) is 5.75 Å². The van der Waals surface area contributed by atoms with Crippen LogP contribution in [-0.2, 0) is 0 Å². The molecule has 0 saturated heterocycles. The Morgan fingerprint density at radius 3 is 2.92 bits per heavy atom. The molecule has 1 aromatic carbocycles. The van der Waals surface area contributed by atoms with Crippen molar-refractivity contribution in [2.45, 2.75) is 11.8 Å². The molecule has 2 rings (SSSR count). The average molecular weight is 210 g/mol. The molecule has 0 amide bonds. The number of fused-ring (bicyclic) bond motifs is 1. The van der Waals surface area contributed by atoms with Gasteiger partial charge in [-0.05, 0) is 36.3 Å². The number of hydrogen-bond donors (Lipinski definition) is 1. The zero-order chi connectivity index (χ0) is 9.42. The predicted molar refractivity (Wildman–Crippen MR) is 60.0 cm³/mol. The molecule has 1 N–H and O–H groups in total. The third-order valence-electron chi connectivity index (χ3n) is 2.09. The normalized spacial score (nSPS) is 10.9. The Labute approximate surface area is 85.4 Å². The molecule has 3 heteroatoms. The van der Waals surface area contributed by atoms with Gasteiger partial charge >= 0.3 is 0 Å². The molecule has 0 fully saturated rings. The average Bonchev–Trinajstić information content (AvgIpc) is 2.60. The Kier molecular flexibility index (Phi) is 2.22. The molecule has 0 spiro atoms. The summed E-state index contributed by atoms with van der Waals surface area (Å²) in [6.07, 6.45) is 2.06. The smallest absolute Gasteiger partial charge is 0.127 e. The first kappa shape index (κ1) is 8.91. The molecule has 68 valence electrons. The summed E-state index contributed by atoms with van der Waals surface area (Å²) in [6, 6.07) is 4.01. The minimum atomic E-state index is 0.425. The highest BCUT2D eigenvalue weighted by Gasteiger charge is 2.08. The van der Waals surface area contributed by atoms with Gasteiger partial charge in [0, 0.05) is 10.3 Å². The number of benzene rings is 1. The molecule has 0 aliphatic rings. The lowest BCUT2D eigenvalue weighted by Gasteiger charge is -2.04. The second-order valence-electron chi connectivity index (χ2n) is 2.91. The van der Waals surface area contributed by atoms with E-state index in [0.717, 1.165) is 10.9 Å². The van der Waals surface area contributed by atoms with E-state index >= 15 is 0 Å². The number of rotatable bonds is 1. The molecule has 0 saturated carbocycles. The molecule has 1 aromatic heterocycles. The summed E-state index contributed by atoms with van der Waals surface area (Å²) >= 11 is 3.41. The third kappa shape index (κ3) is 1.32. The Morgan fingerprint density at radius 2 is 2.23 bits per heavy atom. The van der Waals surface area contributed by atoms with E-state index in [2.05, 4.69) is 6.26 Å². The van der Waals surface area contributed by atoms with Gasteiger partial charge in [0.15, 0.2) is 0 Å². The van der Waals surface area contributed by atoms with Crippen LogP contribution in [0.3, 0.4) is 0 Å². The summed E-state index contributed by atoms with van der Waals surface area (Å²) in [5, 5.41) is 12.8. The Morgan fingerprint density at radius 1 is 1.46 bits per heavy atom. The van der Waals surface area contributed by atoms with Crippen molar-refractivity contribution in [3.8, 4) is 5.75 Å². The molecular formula is C10H10OS2. The van der Waals surface area contributed by atoms with Crippen molar-refractivity contribution in [2.24, 2.45) is 0 Å². The van der Waals surface area contributed by atoms with Gasteiger partial charge in [-0.15, -0.1) is 23.1 Å². The second kappa shape index (κ2) is 3.24. The first-order chi connectivity index (χ1) is 6.24. The number of aryl methyl sites for hydroxylation is 1. The predicted octanol–water partition coefficient (Wildman–Crippen LogP) is 3.64. The molecule has 0 bridgehead atoms. The standard InChI is InChI=1S/C10H10OS2/c1-6-5-8(12-2)10-7(9(6)11)3-4-13-10/h3-5,11H,1-2H3. The molecule has 0 atom stereocenters. The van der Waals surface area contributed by atoms with Crippen LogP contribution in [0.4, 0.5) is 0 Å². The van der Waals surface area contributed by atoms with Crippen molar-refractivity contribution >= 4 is 33.2 Å². The van der Waals surface area contributed by atoms with Crippen LogP contribution in [0.2, 0.25) is 0 Å². The number of hydrogen-bond acceptors (Lipinski definition) is 3. The zero-order valence-corrected chi connectivity index (χ0v) is 9.13. The topological polar surface area (TPSA) is 20.2 Å². The fraction of sp³-hybridized carbons (Fsp3) is 0.200. The van der Waals surface area contributed by atoms with E-state index in [0.29, 0.717) is 5.75 Å². The lowest BCUT2D eigenvalue weighted by Crippen LogP contribution is -1.78. The van der Waals surface area contributed by atoms with Crippen molar-refractivity contribution in [3.63, 3.8) is 0 Å². The van der Waals surface area contributed by atoms with E-state index in [9.17, 15) is 5.11 Å². The number of thioether (sulfide) groups is 1. The lowest BCUT2D eigenvalue weighted by molar-refractivity contribution is 0.477. The van der Waals surface area contributed by atoms with Crippen LogP contribution < -0.4 is 0 Å². The lowest BCUT2D eigenvalue weighted by atomic mass is 10.1. The van der Waals surface area contributed by atoms with Gasteiger partial charge in [-0.1, -0.05) is 0 Å². The summed E-state index contributed by atoms with van der Waals surface area (Å²) < 4.78 is 1.19. The summed E-state index contributed by atoms with van der Waals surface area (Å²) in [5.74, 6) is 0.425. The van der Waals surface area contributed by atoms with Gasteiger partial charge in [0.2, 0.25) is 0 Å². The summed E-state index contributed by atoms with van der Waals surface area (Å²) in [5.41, 5.74) is 0.954. The number of aromatic hydroxyl groups is 1. The van der Waals surface area contributed by atoms with Crippen LogP contribution in [0.1, 0.15) is 5.56 Å². The Balaban J connectivity index is 2.87. The molecule has 0 aliphatic heterocycles. The fourth-order valence-electron chi connectivity index (χ4n) is 1.38. The molecule has 0 aliphatic carbocycles. The van der Waals surface area contributed by atoms with E-state index in [-0.39, 0.29) is 0 Å². The van der Waals surface area contributed by atoms with E-state index in [1.54, 1.807) is 23.1 Å². The van der Waals surface area contributed by atoms with Crippen molar-refractivity contribution in [1.82, 2.24) is 0 Å². The molecular weight excluding hydrogens is 200 g/mol. The van der Waals surface area contributed by atoms with Crippen LogP contribution in [0.15, 0.2) is 22.4 Å². The van der Waals surface area contributed by atoms with Crippen LogP contribution >= 0.6 is 23.1 Å². The fourth-order valence-corrected chi connectivity index (χ4v) is 3.17. The highest BCUT2D eigenvalue weighted by Crippen LogP contribution is 2.38. The van der Waals surface area contributed by atoms with E-state index < -0.39 is 0 Å². The summed E-state index contributed by atoms with van der Waals surface area (Å²) in [7, 11) is 0. The molecule has 0 radical (unpaired) electrons. The summed E-state index contributed by atoms with van der Waals surface area (Å²) in [6.45, 7) is 1.94. The quantitative estimate of drug-likeness (QED) is 0.725. The van der Waals surface area contributed by atoms with Gasteiger partial charge in [0.05, 0.1) is 4.70 Å². The molecule has 0 unspecified atom stereocenters. The maximum absolute atomic E-state index is 9.76. The first-order valence-electron chi connectivity index (χ1n) is 3.98. The number of phenols is 1. The van der Waals surface area contributed by atoms with Crippen molar-refractivity contribution < 1.29 is 5.11 Å². The van der Waals surface area contributed by atoms with Crippen molar-refractivity contribution in [2.75, 3.05) is 6.26 Å². The van der Waals surface area contributed by atoms with Crippen molar-refractivity contribution in [3.05, 3.63) is 23.1 Å².